The zero-order valence-corrected chi connectivity index (χ0v) is 10.8. The molecule has 1 atom stereocenters. The van der Waals surface area contributed by atoms with Crippen molar-refractivity contribution in [1.82, 2.24) is 0 Å². The van der Waals surface area contributed by atoms with Crippen molar-refractivity contribution in [2.75, 3.05) is 11.9 Å². The summed E-state index contributed by atoms with van der Waals surface area (Å²) < 4.78 is 24.5. The van der Waals surface area contributed by atoms with E-state index >= 15 is 0 Å². The second kappa shape index (κ2) is 3.93. The summed E-state index contributed by atoms with van der Waals surface area (Å²) in [6, 6.07) is 3.46. The van der Waals surface area contributed by atoms with Gasteiger partial charge in [-0.05, 0) is 31.0 Å². The molecule has 1 unspecified atom stereocenters. The maximum absolute atomic E-state index is 12.2. The topological polar surface area (TPSA) is 46.2 Å². The molecule has 0 aliphatic carbocycles. The molecule has 0 spiro atoms. The molecule has 1 N–H and O–H groups in total. The first-order chi connectivity index (χ1) is 7.46. The number of aryl methyl sites for hydroxylation is 1. The van der Waals surface area contributed by atoms with Crippen molar-refractivity contribution in [3.8, 4) is 0 Å². The third-order valence-corrected chi connectivity index (χ3v) is 5.52. The summed E-state index contributed by atoms with van der Waals surface area (Å²) in [6.45, 7) is 4.16. The summed E-state index contributed by atoms with van der Waals surface area (Å²) in [4.78, 5) is 0.343. The Labute approximate surface area is 101 Å². The van der Waals surface area contributed by atoms with Crippen molar-refractivity contribution in [2.24, 2.45) is 0 Å². The Kier molecular flexibility index (Phi) is 2.88. The SMILES string of the molecule is CCC1CNc2c(Cl)cc(C)cc2S1(=O)=O. The van der Waals surface area contributed by atoms with Gasteiger partial charge in [-0.2, -0.15) is 0 Å². The van der Waals surface area contributed by atoms with E-state index in [2.05, 4.69) is 5.32 Å². The maximum atomic E-state index is 12.2. The van der Waals surface area contributed by atoms with Gasteiger partial charge < -0.3 is 5.32 Å². The molecule has 88 valence electrons. The molecule has 5 heteroatoms. The first-order valence-electron chi connectivity index (χ1n) is 5.24. The third kappa shape index (κ3) is 1.70. The second-order valence-corrected chi connectivity index (χ2v) is 6.68. The van der Waals surface area contributed by atoms with Gasteiger partial charge in [-0.3, -0.25) is 0 Å². The van der Waals surface area contributed by atoms with Gasteiger partial charge in [0.05, 0.1) is 20.9 Å². The van der Waals surface area contributed by atoms with Crippen LogP contribution in [0.3, 0.4) is 0 Å². The molecular weight excluding hydrogens is 246 g/mol. The number of halogens is 1. The van der Waals surface area contributed by atoms with Crippen LogP contribution in [-0.2, 0) is 9.84 Å². The molecule has 0 aromatic heterocycles. The molecule has 0 radical (unpaired) electrons. The summed E-state index contributed by atoms with van der Waals surface area (Å²) in [7, 11) is -3.22. The fourth-order valence-electron chi connectivity index (χ4n) is 1.98. The van der Waals surface area contributed by atoms with Gasteiger partial charge in [0.25, 0.3) is 0 Å². The fourth-order valence-corrected chi connectivity index (χ4v) is 4.29. The number of anilines is 1. The molecule has 0 fully saturated rings. The smallest absolute Gasteiger partial charge is 0.185 e. The van der Waals surface area contributed by atoms with Gasteiger partial charge in [-0.15, -0.1) is 0 Å². The molecule has 3 nitrogen and oxygen atoms in total. The van der Waals surface area contributed by atoms with Gasteiger partial charge in [0.2, 0.25) is 0 Å². The zero-order chi connectivity index (χ0) is 11.9. The molecule has 0 saturated heterocycles. The highest BCUT2D eigenvalue weighted by Crippen LogP contribution is 2.36. The first-order valence-corrected chi connectivity index (χ1v) is 7.17. The summed E-state index contributed by atoms with van der Waals surface area (Å²) in [5.41, 5.74) is 1.42. The van der Waals surface area contributed by atoms with E-state index < -0.39 is 9.84 Å². The standard InChI is InChI=1S/C11H14ClNO2S/c1-3-8-6-13-11-9(12)4-7(2)5-10(11)16(8,14)15/h4-5,8,13H,3,6H2,1-2H3. The Morgan fingerprint density at radius 3 is 2.81 bits per heavy atom. The monoisotopic (exact) mass is 259 g/mol. The highest BCUT2D eigenvalue weighted by atomic mass is 35.5. The quantitative estimate of drug-likeness (QED) is 0.843. The minimum Gasteiger partial charge on any atom is -0.381 e. The Morgan fingerprint density at radius 2 is 2.19 bits per heavy atom. The normalized spacial score (nSPS) is 22.3. The molecule has 1 aliphatic rings. The highest BCUT2D eigenvalue weighted by molar-refractivity contribution is 7.92. The number of sulfone groups is 1. The Balaban J connectivity index is 2.68. The van der Waals surface area contributed by atoms with Gasteiger partial charge in [0, 0.05) is 6.54 Å². The predicted molar refractivity (Wildman–Crippen MR) is 65.9 cm³/mol. The van der Waals surface area contributed by atoms with E-state index in [9.17, 15) is 8.42 Å². The molecule has 1 aromatic carbocycles. The molecule has 2 rings (SSSR count). The average Bonchev–Trinajstić information content (AvgIpc) is 2.19. The van der Waals surface area contributed by atoms with Crippen LogP contribution in [0.15, 0.2) is 17.0 Å². The molecular formula is C11H14ClNO2S. The van der Waals surface area contributed by atoms with Crippen molar-refractivity contribution in [3.63, 3.8) is 0 Å². The summed E-state index contributed by atoms with van der Waals surface area (Å²) in [6.07, 6.45) is 0.611. The Hall–Kier alpha value is -0.740. The van der Waals surface area contributed by atoms with E-state index in [4.69, 9.17) is 11.6 Å². The third-order valence-electron chi connectivity index (χ3n) is 2.91. The molecule has 16 heavy (non-hydrogen) atoms. The van der Waals surface area contributed by atoms with Gasteiger partial charge >= 0.3 is 0 Å². The summed E-state index contributed by atoms with van der Waals surface area (Å²) >= 11 is 6.04. The first kappa shape index (κ1) is 11.7. The lowest BCUT2D eigenvalue weighted by Gasteiger charge is -2.26. The number of nitrogens with one attached hydrogen (secondary N) is 1. The van der Waals surface area contributed by atoms with E-state index in [1.807, 2.05) is 13.8 Å². The highest BCUT2D eigenvalue weighted by Gasteiger charge is 2.33. The van der Waals surface area contributed by atoms with Crippen LogP contribution in [0.5, 0.6) is 0 Å². The van der Waals surface area contributed by atoms with Crippen LogP contribution in [-0.4, -0.2) is 20.2 Å². The van der Waals surface area contributed by atoms with Crippen molar-refractivity contribution in [1.29, 1.82) is 0 Å². The number of hydrogen-bond acceptors (Lipinski definition) is 3. The predicted octanol–water partition coefficient (Wildman–Crippen LogP) is 2.63. The van der Waals surface area contributed by atoms with Crippen LogP contribution in [0.1, 0.15) is 18.9 Å². The number of fused-ring (bicyclic) bond motifs is 1. The largest absolute Gasteiger partial charge is 0.381 e. The van der Waals surface area contributed by atoms with E-state index in [0.29, 0.717) is 28.6 Å². The second-order valence-electron chi connectivity index (χ2n) is 4.08. The van der Waals surface area contributed by atoms with Crippen LogP contribution in [0.2, 0.25) is 5.02 Å². The summed E-state index contributed by atoms with van der Waals surface area (Å²) in [5.74, 6) is 0. The minimum atomic E-state index is -3.22. The molecule has 0 saturated carbocycles. The lowest BCUT2D eigenvalue weighted by Crippen LogP contribution is -2.34. The molecule has 0 bridgehead atoms. The minimum absolute atomic E-state index is 0.343. The van der Waals surface area contributed by atoms with Crippen LogP contribution in [0, 0.1) is 6.92 Å². The van der Waals surface area contributed by atoms with Crippen molar-refractivity contribution in [3.05, 3.63) is 22.7 Å². The van der Waals surface area contributed by atoms with Crippen LogP contribution in [0.25, 0.3) is 0 Å². The maximum Gasteiger partial charge on any atom is 0.185 e. The van der Waals surface area contributed by atoms with Crippen LogP contribution >= 0.6 is 11.6 Å². The van der Waals surface area contributed by atoms with Crippen molar-refractivity contribution < 1.29 is 8.42 Å². The Morgan fingerprint density at radius 1 is 1.50 bits per heavy atom. The molecule has 1 aromatic rings. The number of rotatable bonds is 1. The van der Waals surface area contributed by atoms with Crippen LogP contribution in [0.4, 0.5) is 5.69 Å². The lowest BCUT2D eigenvalue weighted by atomic mass is 10.2. The number of hydrogen-bond donors (Lipinski definition) is 1. The van der Waals surface area contributed by atoms with Crippen molar-refractivity contribution in [2.45, 2.75) is 30.4 Å². The van der Waals surface area contributed by atoms with Gasteiger partial charge in [-0.1, -0.05) is 18.5 Å². The molecule has 0 amide bonds. The Bertz CT molecular complexity index is 525. The fraction of sp³-hybridized carbons (Fsp3) is 0.455. The van der Waals surface area contributed by atoms with Gasteiger partial charge in [0.15, 0.2) is 9.84 Å². The van der Waals surface area contributed by atoms with E-state index in [1.165, 1.54) is 0 Å². The zero-order valence-electron chi connectivity index (χ0n) is 9.25. The van der Waals surface area contributed by atoms with Crippen molar-refractivity contribution >= 4 is 27.1 Å². The average molecular weight is 260 g/mol. The number of benzene rings is 1. The lowest BCUT2D eigenvalue weighted by molar-refractivity contribution is 0.574. The van der Waals surface area contributed by atoms with Gasteiger partial charge in [0.1, 0.15) is 0 Å². The van der Waals surface area contributed by atoms with E-state index in [0.717, 1.165) is 5.56 Å². The van der Waals surface area contributed by atoms with Crippen LogP contribution < -0.4 is 5.32 Å². The van der Waals surface area contributed by atoms with E-state index in [-0.39, 0.29) is 5.25 Å². The summed E-state index contributed by atoms with van der Waals surface area (Å²) in [5, 5.41) is 3.23. The molecule has 1 aliphatic heterocycles. The molecule has 1 heterocycles. The van der Waals surface area contributed by atoms with Gasteiger partial charge in [-0.25, -0.2) is 8.42 Å². The van der Waals surface area contributed by atoms with E-state index in [1.54, 1.807) is 12.1 Å².